The molecule has 0 spiro atoms. The van der Waals surface area contributed by atoms with Gasteiger partial charge in [-0.3, -0.25) is 9.59 Å². The third-order valence-corrected chi connectivity index (χ3v) is 4.98. The van der Waals surface area contributed by atoms with Crippen LogP contribution in [0, 0.1) is 6.92 Å². The van der Waals surface area contributed by atoms with Crippen LogP contribution in [0.2, 0.25) is 0 Å². The van der Waals surface area contributed by atoms with E-state index in [1.165, 1.54) is 6.92 Å². The summed E-state index contributed by atoms with van der Waals surface area (Å²) in [6, 6.07) is 22.0. The van der Waals surface area contributed by atoms with Crippen LogP contribution in [0.1, 0.15) is 23.9 Å². The van der Waals surface area contributed by atoms with E-state index >= 15 is 0 Å². The van der Waals surface area contributed by atoms with Gasteiger partial charge in [-0.25, -0.2) is 0 Å². The number of benzene rings is 3. The second kappa shape index (κ2) is 10.4. The lowest BCUT2D eigenvalue weighted by atomic mass is 10.1. The molecule has 4 rings (SSSR count). The minimum absolute atomic E-state index is 0.137. The fraction of sp³-hybridized carbons (Fsp3) is 0.154. The Morgan fingerprint density at radius 1 is 0.882 bits per heavy atom. The van der Waals surface area contributed by atoms with Crippen molar-refractivity contribution in [3.8, 4) is 17.2 Å². The first kappa shape index (κ1) is 22.7. The Balaban J connectivity index is 1.27. The number of hydrogen-bond acceptors (Lipinski definition) is 6. The second-order valence-corrected chi connectivity index (χ2v) is 7.73. The highest BCUT2D eigenvalue weighted by atomic mass is 16.5. The third kappa shape index (κ3) is 6.07. The summed E-state index contributed by atoms with van der Waals surface area (Å²) >= 11 is 0. The molecule has 0 aliphatic carbocycles. The molecule has 34 heavy (non-hydrogen) atoms. The summed E-state index contributed by atoms with van der Waals surface area (Å²) in [5.41, 5.74) is 4.14. The van der Waals surface area contributed by atoms with Crippen LogP contribution in [0.15, 0.2) is 77.2 Å². The topological polar surface area (TPSA) is 106 Å². The van der Waals surface area contributed by atoms with Crippen LogP contribution in [0.25, 0.3) is 11.5 Å². The molecule has 0 unspecified atom stereocenters. The minimum atomic E-state index is -0.143. The van der Waals surface area contributed by atoms with Crippen molar-refractivity contribution >= 4 is 23.2 Å². The molecule has 0 aliphatic rings. The molecule has 0 atom stereocenters. The first-order valence-corrected chi connectivity index (χ1v) is 10.7. The van der Waals surface area contributed by atoms with Gasteiger partial charge in [-0.05, 0) is 60.5 Å². The quantitative estimate of drug-likeness (QED) is 0.396. The van der Waals surface area contributed by atoms with Crippen LogP contribution in [-0.2, 0) is 22.6 Å². The number of ether oxygens (including phenoxy) is 1. The molecule has 1 aromatic heterocycles. The molecule has 0 bridgehead atoms. The molecule has 8 heteroatoms. The molecule has 4 aromatic rings. The van der Waals surface area contributed by atoms with Crippen molar-refractivity contribution in [3.05, 3.63) is 89.8 Å². The predicted octanol–water partition coefficient (Wildman–Crippen LogP) is 4.76. The standard InChI is InChI=1S/C26H24N4O4/c1-17-5-3-4-6-23(17)26-30-29-25(34-26)16-33-22-13-11-21(12-14-22)28-24(32)15-19-7-9-20(10-8-19)27-18(2)31/h3-14H,15-16H2,1-2H3,(H,27,31)(H,28,32). The number of rotatable bonds is 8. The molecule has 172 valence electrons. The summed E-state index contributed by atoms with van der Waals surface area (Å²) in [5, 5.41) is 13.7. The Labute approximate surface area is 197 Å². The highest BCUT2D eigenvalue weighted by molar-refractivity contribution is 5.92. The zero-order valence-electron chi connectivity index (χ0n) is 18.9. The van der Waals surface area contributed by atoms with Crippen molar-refractivity contribution in [1.29, 1.82) is 0 Å². The summed E-state index contributed by atoms with van der Waals surface area (Å²) < 4.78 is 11.4. The van der Waals surface area contributed by atoms with Gasteiger partial charge in [0.15, 0.2) is 6.61 Å². The van der Waals surface area contributed by atoms with E-state index in [-0.39, 0.29) is 24.8 Å². The maximum atomic E-state index is 12.3. The van der Waals surface area contributed by atoms with E-state index in [2.05, 4.69) is 20.8 Å². The monoisotopic (exact) mass is 456 g/mol. The summed E-state index contributed by atoms with van der Waals surface area (Å²) in [4.78, 5) is 23.4. The number of aromatic nitrogens is 2. The molecule has 0 aliphatic heterocycles. The van der Waals surface area contributed by atoms with Gasteiger partial charge in [0.1, 0.15) is 5.75 Å². The minimum Gasteiger partial charge on any atom is -0.484 e. The Morgan fingerprint density at radius 2 is 1.56 bits per heavy atom. The van der Waals surface area contributed by atoms with E-state index in [9.17, 15) is 9.59 Å². The van der Waals surface area contributed by atoms with Crippen molar-refractivity contribution in [2.75, 3.05) is 10.6 Å². The third-order valence-electron chi connectivity index (χ3n) is 4.98. The fourth-order valence-corrected chi connectivity index (χ4v) is 3.31. The van der Waals surface area contributed by atoms with Gasteiger partial charge in [-0.15, -0.1) is 10.2 Å². The van der Waals surface area contributed by atoms with Gasteiger partial charge in [0.05, 0.1) is 6.42 Å². The molecule has 0 saturated heterocycles. The largest absolute Gasteiger partial charge is 0.484 e. The Hall–Kier alpha value is -4.46. The van der Waals surface area contributed by atoms with Crippen LogP contribution >= 0.6 is 0 Å². The first-order chi connectivity index (χ1) is 16.5. The molecule has 8 nitrogen and oxygen atoms in total. The van der Waals surface area contributed by atoms with Gasteiger partial charge in [0.25, 0.3) is 5.89 Å². The maximum absolute atomic E-state index is 12.3. The number of aryl methyl sites for hydroxylation is 1. The number of anilines is 2. The van der Waals surface area contributed by atoms with E-state index in [4.69, 9.17) is 9.15 Å². The molecule has 0 fully saturated rings. The van der Waals surface area contributed by atoms with E-state index in [1.807, 2.05) is 43.3 Å². The van der Waals surface area contributed by atoms with Crippen molar-refractivity contribution in [2.45, 2.75) is 26.9 Å². The summed E-state index contributed by atoms with van der Waals surface area (Å²) in [5.74, 6) is 1.17. The van der Waals surface area contributed by atoms with Crippen molar-refractivity contribution in [3.63, 3.8) is 0 Å². The Bertz CT molecular complexity index is 1280. The SMILES string of the molecule is CC(=O)Nc1ccc(CC(=O)Nc2ccc(OCc3nnc(-c4ccccc4C)o3)cc2)cc1. The molecule has 2 amide bonds. The lowest BCUT2D eigenvalue weighted by Gasteiger charge is -2.08. The Morgan fingerprint density at radius 3 is 2.26 bits per heavy atom. The van der Waals surface area contributed by atoms with Crippen LogP contribution < -0.4 is 15.4 Å². The lowest BCUT2D eigenvalue weighted by molar-refractivity contribution is -0.116. The van der Waals surface area contributed by atoms with E-state index in [0.29, 0.717) is 28.9 Å². The van der Waals surface area contributed by atoms with Gasteiger partial charge in [0, 0.05) is 23.9 Å². The van der Waals surface area contributed by atoms with Crippen molar-refractivity contribution in [1.82, 2.24) is 10.2 Å². The smallest absolute Gasteiger partial charge is 0.254 e. The number of carbonyl (C=O) groups is 2. The molecule has 0 saturated carbocycles. The van der Waals surface area contributed by atoms with E-state index in [0.717, 1.165) is 16.7 Å². The van der Waals surface area contributed by atoms with Crippen molar-refractivity contribution in [2.24, 2.45) is 0 Å². The number of nitrogens with one attached hydrogen (secondary N) is 2. The summed E-state index contributed by atoms with van der Waals surface area (Å²) in [6.45, 7) is 3.57. The Kier molecular flexibility index (Phi) is 6.98. The summed E-state index contributed by atoms with van der Waals surface area (Å²) in [7, 11) is 0. The predicted molar refractivity (Wildman–Crippen MR) is 128 cm³/mol. The maximum Gasteiger partial charge on any atom is 0.254 e. The van der Waals surface area contributed by atoms with Crippen LogP contribution in [-0.4, -0.2) is 22.0 Å². The second-order valence-electron chi connectivity index (χ2n) is 7.73. The number of amides is 2. The highest BCUT2D eigenvalue weighted by Gasteiger charge is 2.11. The zero-order valence-corrected chi connectivity index (χ0v) is 18.9. The average Bonchev–Trinajstić information content (AvgIpc) is 3.29. The molecule has 1 heterocycles. The van der Waals surface area contributed by atoms with Gasteiger partial charge in [-0.2, -0.15) is 0 Å². The average molecular weight is 457 g/mol. The number of nitrogens with zero attached hydrogens (tertiary/aromatic N) is 2. The van der Waals surface area contributed by atoms with Gasteiger partial charge in [0.2, 0.25) is 17.7 Å². The van der Waals surface area contributed by atoms with Crippen LogP contribution in [0.4, 0.5) is 11.4 Å². The van der Waals surface area contributed by atoms with Gasteiger partial charge in [-0.1, -0.05) is 30.3 Å². The molecule has 0 radical (unpaired) electrons. The molecule has 3 aromatic carbocycles. The normalized spacial score (nSPS) is 10.5. The fourth-order valence-electron chi connectivity index (χ4n) is 3.31. The van der Waals surface area contributed by atoms with Crippen molar-refractivity contribution < 1.29 is 18.7 Å². The van der Waals surface area contributed by atoms with Gasteiger partial charge >= 0.3 is 0 Å². The van der Waals surface area contributed by atoms with Gasteiger partial charge < -0.3 is 19.8 Å². The lowest BCUT2D eigenvalue weighted by Crippen LogP contribution is -2.14. The molecule has 2 N–H and O–H groups in total. The highest BCUT2D eigenvalue weighted by Crippen LogP contribution is 2.22. The number of hydrogen-bond donors (Lipinski definition) is 2. The zero-order chi connectivity index (χ0) is 23.9. The summed E-state index contributed by atoms with van der Waals surface area (Å²) in [6.07, 6.45) is 0.221. The molecular formula is C26H24N4O4. The van der Waals surface area contributed by atoms with E-state index < -0.39 is 0 Å². The number of carbonyl (C=O) groups excluding carboxylic acids is 2. The van der Waals surface area contributed by atoms with Crippen LogP contribution in [0.5, 0.6) is 5.75 Å². The first-order valence-electron chi connectivity index (χ1n) is 10.7. The van der Waals surface area contributed by atoms with Crippen LogP contribution in [0.3, 0.4) is 0 Å². The van der Waals surface area contributed by atoms with E-state index in [1.54, 1.807) is 36.4 Å². The molecular weight excluding hydrogens is 432 g/mol.